The highest BCUT2D eigenvalue weighted by molar-refractivity contribution is 5.81. The average molecular weight is 406 g/mol. The van der Waals surface area contributed by atoms with Crippen molar-refractivity contribution in [1.29, 1.82) is 0 Å². The normalized spacial score (nSPS) is 11.0. The van der Waals surface area contributed by atoms with Crippen LogP contribution in [0.2, 0.25) is 0 Å². The van der Waals surface area contributed by atoms with Gasteiger partial charge in [-0.3, -0.25) is 19.2 Å². The minimum atomic E-state index is -1.13. The fraction of sp³-hybridized carbons (Fsp3) is 0.765. The van der Waals surface area contributed by atoms with Gasteiger partial charge in [-0.1, -0.05) is 0 Å². The number of carbonyl (C=O) groups is 4. The molecule has 0 aliphatic carbocycles. The molecule has 2 amide bonds. The number of nitrogens with one attached hydrogen (secondary N) is 2. The molecule has 11 heteroatoms. The summed E-state index contributed by atoms with van der Waals surface area (Å²) in [7, 11) is 0. The van der Waals surface area contributed by atoms with Gasteiger partial charge in [0.05, 0.1) is 32.8 Å². The van der Waals surface area contributed by atoms with Gasteiger partial charge in [-0.2, -0.15) is 0 Å². The topological polar surface area (TPSA) is 149 Å². The molecule has 0 fully saturated rings. The van der Waals surface area contributed by atoms with E-state index in [9.17, 15) is 19.2 Å². The first-order chi connectivity index (χ1) is 13.1. The molecule has 0 unspecified atom stereocenters. The molecule has 162 valence electrons. The zero-order chi connectivity index (χ0) is 21.4. The van der Waals surface area contributed by atoms with Crippen LogP contribution >= 0.6 is 0 Å². The van der Waals surface area contributed by atoms with Gasteiger partial charge in [0, 0.05) is 6.54 Å². The van der Waals surface area contributed by atoms with E-state index in [1.54, 1.807) is 20.8 Å². The van der Waals surface area contributed by atoms with E-state index in [0.29, 0.717) is 0 Å². The van der Waals surface area contributed by atoms with Crippen molar-refractivity contribution in [3.63, 3.8) is 0 Å². The third-order valence-corrected chi connectivity index (χ3v) is 2.72. The standard InChI is InChI=1S/C17H30N2O9/c1-17(2,3)28-16(24)4-5-18-13(20)11-26-8-6-25-7-9-27-12-14(21)19-10-15(22)23/h4-12H2,1-3H3,(H,18,20)(H,19,21)(H,22,23). The Labute approximate surface area is 164 Å². The quantitative estimate of drug-likeness (QED) is 0.232. The summed E-state index contributed by atoms with van der Waals surface area (Å²) in [6.07, 6.45) is 0.0838. The lowest BCUT2D eigenvalue weighted by molar-refractivity contribution is -0.154. The number of aliphatic carboxylic acids is 1. The van der Waals surface area contributed by atoms with E-state index in [2.05, 4.69) is 10.6 Å². The molecule has 0 aromatic carbocycles. The van der Waals surface area contributed by atoms with Crippen molar-refractivity contribution in [2.24, 2.45) is 0 Å². The van der Waals surface area contributed by atoms with Crippen LogP contribution < -0.4 is 10.6 Å². The lowest BCUT2D eigenvalue weighted by Crippen LogP contribution is -2.32. The predicted octanol–water partition coefficient (Wildman–Crippen LogP) is -0.915. The van der Waals surface area contributed by atoms with E-state index >= 15 is 0 Å². The van der Waals surface area contributed by atoms with E-state index in [1.807, 2.05) is 0 Å². The Balaban J connectivity index is 3.44. The molecule has 0 atom stereocenters. The monoisotopic (exact) mass is 406 g/mol. The molecular weight excluding hydrogens is 376 g/mol. The lowest BCUT2D eigenvalue weighted by atomic mass is 10.2. The third-order valence-electron chi connectivity index (χ3n) is 2.72. The largest absolute Gasteiger partial charge is 0.480 e. The van der Waals surface area contributed by atoms with Crippen LogP contribution in [0.3, 0.4) is 0 Å². The maximum absolute atomic E-state index is 11.5. The number of hydrogen-bond donors (Lipinski definition) is 3. The SMILES string of the molecule is CC(C)(C)OC(=O)CCNC(=O)COCCOCCOCC(=O)NCC(=O)O. The molecule has 0 bridgehead atoms. The van der Waals surface area contributed by atoms with Crippen molar-refractivity contribution in [2.75, 3.05) is 52.7 Å². The molecule has 28 heavy (non-hydrogen) atoms. The summed E-state index contributed by atoms with van der Waals surface area (Å²) >= 11 is 0. The van der Waals surface area contributed by atoms with E-state index in [1.165, 1.54) is 0 Å². The number of carboxylic acid groups (broad SMARTS) is 1. The van der Waals surface area contributed by atoms with E-state index in [-0.39, 0.29) is 64.5 Å². The summed E-state index contributed by atoms with van der Waals surface area (Å²) in [5.74, 6) is -2.39. The average Bonchev–Trinajstić information content (AvgIpc) is 2.56. The molecule has 11 nitrogen and oxygen atoms in total. The number of esters is 1. The Morgan fingerprint density at radius 2 is 1.32 bits per heavy atom. The lowest BCUT2D eigenvalue weighted by Gasteiger charge is -2.19. The molecule has 0 rings (SSSR count). The summed E-state index contributed by atoms with van der Waals surface area (Å²) in [4.78, 5) is 44.4. The fourth-order valence-electron chi connectivity index (χ4n) is 1.64. The molecule has 0 aliphatic rings. The molecule has 0 spiro atoms. The van der Waals surface area contributed by atoms with Gasteiger partial charge in [0.1, 0.15) is 25.4 Å². The molecule has 0 radical (unpaired) electrons. The zero-order valence-corrected chi connectivity index (χ0v) is 16.6. The maximum Gasteiger partial charge on any atom is 0.322 e. The van der Waals surface area contributed by atoms with Crippen LogP contribution in [0, 0.1) is 0 Å². The highest BCUT2D eigenvalue weighted by Gasteiger charge is 2.15. The molecular formula is C17H30N2O9. The fourth-order valence-corrected chi connectivity index (χ4v) is 1.64. The van der Waals surface area contributed by atoms with Crippen molar-refractivity contribution < 1.29 is 43.2 Å². The van der Waals surface area contributed by atoms with Crippen LogP contribution in [0.25, 0.3) is 0 Å². The van der Waals surface area contributed by atoms with Gasteiger partial charge in [0.2, 0.25) is 11.8 Å². The first-order valence-corrected chi connectivity index (χ1v) is 8.80. The second-order valence-corrected chi connectivity index (χ2v) is 6.57. The van der Waals surface area contributed by atoms with Gasteiger partial charge in [0.15, 0.2) is 0 Å². The number of amides is 2. The molecule has 0 heterocycles. The summed E-state index contributed by atoms with van der Waals surface area (Å²) in [6.45, 7) is 5.42. The summed E-state index contributed by atoms with van der Waals surface area (Å²) in [5, 5.41) is 13.1. The number of rotatable bonds is 15. The Morgan fingerprint density at radius 3 is 1.82 bits per heavy atom. The summed E-state index contributed by atoms with van der Waals surface area (Å²) < 4.78 is 20.4. The van der Waals surface area contributed by atoms with Gasteiger partial charge in [-0.05, 0) is 20.8 Å². The Kier molecular flexibility index (Phi) is 13.6. The molecule has 3 N–H and O–H groups in total. The summed E-state index contributed by atoms with van der Waals surface area (Å²) in [5.41, 5.74) is -0.554. The van der Waals surface area contributed by atoms with Crippen LogP contribution in [0.1, 0.15) is 27.2 Å². The maximum atomic E-state index is 11.5. The minimum absolute atomic E-state index is 0.0838. The molecule has 0 saturated heterocycles. The van der Waals surface area contributed by atoms with Gasteiger partial charge >= 0.3 is 11.9 Å². The zero-order valence-electron chi connectivity index (χ0n) is 16.6. The van der Waals surface area contributed by atoms with Crippen LogP contribution in [-0.2, 0) is 38.1 Å². The second kappa shape index (κ2) is 14.8. The van der Waals surface area contributed by atoms with Gasteiger partial charge in [-0.15, -0.1) is 0 Å². The third kappa shape index (κ3) is 18.5. The van der Waals surface area contributed by atoms with Gasteiger partial charge in [-0.25, -0.2) is 0 Å². The van der Waals surface area contributed by atoms with Gasteiger partial charge in [0.25, 0.3) is 0 Å². The highest BCUT2D eigenvalue weighted by Crippen LogP contribution is 2.07. The number of hydrogen-bond acceptors (Lipinski definition) is 8. The number of ether oxygens (including phenoxy) is 4. The van der Waals surface area contributed by atoms with Crippen LogP contribution in [-0.4, -0.2) is 87.2 Å². The minimum Gasteiger partial charge on any atom is -0.480 e. The van der Waals surface area contributed by atoms with Crippen molar-refractivity contribution in [1.82, 2.24) is 10.6 Å². The van der Waals surface area contributed by atoms with E-state index in [4.69, 9.17) is 24.1 Å². The van der Waals surface area contributed by atoms with Crippen LogP contribution in [0.15, 0.2) is 0 Å². The molecule has 0 aliphatic heterocycles. The van der Waals surface area contributed by atoms with Crippen molar-refractivity contribution in [3.8, 4) is 0 Å². The van der Waals surface area contributed by atoms with Crippen molar-refractivity contribution >= 4 is 23.8 Å². The molecule has 0 saturated carbocycles. The second-order valence-electron chi connectivity index (χ2n) is 6.57. The molecule has 0 aromatic heterocycles. The van der Waals surface area contributed by atoms with Gasteiger partial charge < -0.3 is 34.7 Å². The van der Waals surface area contributed by atoms with Crippen molar-refractivity contribution in [3.05, 3.63) is 0 Å². The van der Waals surface area contributed by atoms with Crippen LogP contribution in [0.5, 0.6) is 0 Å². The first-order valence-electron chi connectivity index (χ1n) is 8.80. The number of carbonyl (C=O) groups excluding carboxylic acids is 3. The smallest absolute Gasteiger partial charge is 0.322 e. The number of carboxylic acids is 1. The molecule has 0 aromatic rings. The van der Waals surface area contributed by atoms with E-state index in [0.717, 1.165) is 0 Å². The Bertz CT molecular complexity index is 503. The van der Waals surface area contributed by atoms with Crippen LogP contribution in [0.4, 0.5) is 0 Å². The Morgan fingerprint density at radius 1 is 0.821 bits per heavy atom. The van der Waals surface area contributed by atoms with Crippen molar-refractivity contribution in [2.45, 2.75) is 32.8 Å². The Hall–Kier alpha value is -2.24. The van der Waals surface area contributed by atoms with E-state index < -0.39 is 24.0 Å². The summed E-state index contributed by atoms with van der Waals surface area (Å²) in [6, 6.07) is 0. The highest BCUT2D eigenvalue weighted by atomic mass is 16.6. The first kappa shape index (κ1) is 25.8. The predicted molar refractivity (Wildman–Crippen MR) is 96.6 cm³/mol.